The van der Waals surface area contributed by atoms with Gasteiger partial charge in [0.15, 0.2) is 0 Å². The average molecular weight is 347 g/mol. The SMILES string of the molecule is CC1(C(=O)NCc2cc3cc(Cl)c(OCCC4CC4)cc3[nH]2)CC1. The lowest BCUT2D eigenvalue weighted by molar-refractivity contribution is -0.125. The van der Waals surface area contributed by atoms with Crippen LogP contribution in [0, 0.1) is 11.3 Å². The highest BCUT2D eigenvalue weighted by molar-refractivity contribution is 6.32. The number of H-pyrrole nitrogens is 1. The second-order valence-corrected chi connectivity index (χ2v) is 7.90. The zero-order valence-corrected chi connectivity index (χ0v) is 14.7. The Morgan fingerprint density at radius 2 is 2.17 bits per heavy atom. The standard InChI is InChI=1S/C19H23ClN2O2/c1-19(5-6-19)18(23)21-11-14-8-13-9-15(20)17(10-16(13)22-14)24-7-4-12-2-3-12/h8-10,12,22H,2-7,11H2,1H3,(H,21,23). The molecule has 2 N–H and O–H groups in total. The molecule has 1 heterocycles. The first kappa shape index (κ1) is 15.8. The predicted octanol–water partition coefficient (Wildman–Crippen LogP) is 4.42. The van der Waals surface area contributed by atoms with Crippen LogP contribution in [0.3, 0.4) is 0 Å². The number of amides is 1. The first-order chi connectivity index (χ1) is 11.5. The van der Waals surface area contributed by atoms with Crippen LogP contribution in [0.5, 0.6) is 5.75 Å². The molecule has 0 atom stereocenters. The lowest BCUT2D eigenvalue weighted by Crippen LogP contribution is -2.29. The van der Waals surface area contributed by atoms with Gasteiger partial charge in [-0.1, -0.05) is 31.4 Å². The zero-order chi connectivity index (χ0) is 16.7. The molecule has 0 radical (unpaired) electrons. The number of rotatable bonds is 7. The van der Waals surface area contributed by atoms with E-state index in [0.717, 1.165) is 54.1 Å². The third-order valence-corrected chi connectivity index (χ3v) is 5.49. The van der Waals surface area contributed by atoms with Crippen molar-refractivity contribution in [2.24, 2.45) is 11.3 Å². The second-order valence-electron chi connectivity index (χ2n) is 7.49. The van der Waals surface area contributed by atoms with Crippen LogP contribution in [-0.2, 0) is 11.3 Å². The van der Waals surface area contributed by atoms with E-state index in [-0.39, 0.29) is 11.3 Å². The highest BCUT2D eigenvalue weighted by Gasteiger charge is 2.44. The van der Waals surface area contributed by atoms with Crippen molar-refractivity contribution in [2.75, 3.05) is 6.61 Å². The van der Waals surface area contributed by atoms with Gasteiger partial charge in [-0.25, -0.2) is 0 Å². The summed E-state index contributed by atoms with van der Waals surface area (Å²) in [5.74, 6) is 1.72. The van der Waals surface area contributed by atoms with E-state index < -0.39 is 0 Å². The Morgan fingerprint density at radius 1 is 1.38 bits per heavy atom. The third-order valence-electron chi connectivity index (χ3n) is 5.20. The minimum absolute atomic E-state index is 0.141. The summed E-state index contributed by atoms with van der Waals surface area (Å²) in [6.45, 7) is 3.25. The molecule has 2 aliphatic carbocycles. The van der Waals surface area contributed by atoms with Gasteiger partial charge in [-0.05, 0) is 37.3 Å². The molecule has 2 saturated carbocycles. The molecule has 128 valence electrons. The third kappa shape index (κ3) is 3.39. The molecule has 2 fully saturated rings. The van der Waals surface area contributed by atoms with Gasteiger partial charge in [-0.15, -0.1) is 0 Å². The Hall–Kier alpha value is -1.68. The van der Waals surface area contributed by atoms with Crippen LogP contribution in [0.25, 0.3) is 10.9 Å². The molecule has 0 saturated heterocycles. The summed E-state index contributed by atoms with van der Waals surface area (Å²) in [7, 11) is 0. The lowest BCUT2D eigenvalue weighted by Gasteiger charge is -2.08. The molecular formula is C19H23ClN2O2. The van der Waals surface area contributed by atoms with E-state index in [1.54, 1.807) is 0 Å². The number of hydrogen-bond acceptors (Lipinski definition) is 2. The number of benzene rings is 1. The maximum atomic E-state index is 12.0. The molecule has 0 unspecified atom stereocenters. The normalized spacial score (nSPS) is 18.6. The van der Waals surface area contributed by atoms with Crippen LogP contribution in [0.15, 0.2) is 18.2 Å². The molecule has 24 heavy (non-hydrogen) atoms. The summed E-state index contributed by atoms with van der Waals surface area (Å²) in [6.07, 6.45) is 5.75. The molecule has 1 aromatic carbocycles. The summed E-state index contributed by atoms with van der Waals surface area (Å²) in [5, 5.41) is 4.69. The van der Waals surface area contributed by atoms with Crippen molar-refractivity contribution in [3.63, 3.8) is 0 Å². The van der Waals surface area contributed by atoms with Crippen LogP contribution in [0.4, 0.5) is 0 Å². The van der Waals surface area contributed by atoms with Gasteiger partial charge in [0.2, 0.25) is 5.91 Å². The molecule has 2 aromatic rings. The van der Waals surface area contributed by atoms with Gasteiger partial charge in [0.05, 0.1) is 18.2 Å². The predicted molar refractivity (Wildman–Crippen MR) is 95.3 cm³/mol. The van der Waals surface area contributed by atoms with Crippen LogP contribution < -0.4 is 10.1 Å². The van der Waals surface area contributed by atoms with Crippen molar-refractivity contribution in [3.8, 4) is 5.75 Å². The average Bonchev–Trinajstić information content (AvgIpc) is 3.46. The number of halogens is 1. The monoisotopic (exact) mass is 346 g/mol. The van der Waals surface area contributed by atoms with Crippen LogP contribution in [0.1, 0.15) is 44.7 Å². The van der Waals surface area contributed by atoms with Gasteiger partial charge in [0, 0.05) is 28.1 Å². The Bertz CT molecular complexity index is 775. The molecule has 1 aromatic heterocycles. The number of carbonyl (C=O) groups is 1. The fourth-order valence-corrected chi connectivity index (χ4v) is 3.17. The topological polar surface area (TPSA) is 54.1 Å². The minimum atomic E-state index is -0.141. The van der Waals surface area contributed by atoms with Crippen LogP contribution >= 0.6 is 11.6 Å². The molecule has 0 aliphatic heterocycles. The van der Waals surface area contributed by atoms with E-state index in [1.807, 2.05) is 25.1 Å². The Labute approximate surface area is 146 Å². The van der Waals surface area contributed by atoms with E-state index in [1.165, 1.54) is 12.8 Å². The fourth-order valence-electron chi connectivity index (χ4n) is 2.94. The van der Waals surface area contributed by atoms with Crippen LogP contribution in [-0.4, -0.2) is 17.5 Å². The van der Waals surface area contributed by atoms with E-state index in [2.05, 4.69) is 10.3 Å². The van der Waals surface area contributed by atoms with Crippen molar-refractivity contribution in [1.29, 1.82) is 0 Å². The number of aromatic nitrogens is 1. The number of ether oxygens (including phenoxy) is 1. The molecular weight excluding hydrogens is 324 g/mol. The van der Waals surface area contributed by atoms with Crippen molar-refractivity contribution in [3.05, 3.63) is 28.9 Å². The van der Waals surface area contributed by atoms with Crippen LogP contribution in [0.2, 0.25) is 5.02 Å². The van der Waals surface area contributed by atoms with E-state index in [0.29, 0.717) is 11.6 Å². The largest absolute Gasteiger partial charge is 0.492 e. The number of fused-ring (bicyclic) bond motifs is 1. The first-order valence-electron chi connectivity index (χ1n) is 8.76. The lowest BCUT2D eigenvalue weighted by atomic mass is 10.1. The second kappa shape index (κ2) is 5.99. The van der Waals surface area contributed by atoms with E-state index in [4.69, 9.17) is 16.3 Å². The number of nitrogens with one attached hydrogen (secondary N) is 2. The molecule has 0 spiro atoms. The number of carbonyl (C=O) groups excluding carboxylic acids is 1. The van der Waals surface area contributed by atoms with E-state index >= 15 is 0 Å². The summed E-state index contributed by atoms with van der Waals surface area (Å²) < 4.78 is 5.83. The maximum Gasteiger partial charge on any atom is 0.226 e. The molecule has 5 heteroatoms. The van der Waals surface area contributed by atoms with Gasteiger partial charge in [0.1, 0.15) is 5.75 Å². The van der Waals surface area contributed by atoms with Crippen molar-refractivity contribution >= 4 is 28.4 Å². The van der Waals surface area contributed by atoms with Crippen molar-refractivity contribution in [2.45, 2.75) is 45.6 Å². The van der Waals surface area contributed by atoms with Gasteiger partial charge < -0.3 is 15.0 Å². The summed E-state index contributed by atoms with van der Waals surface area (Å²) in [5.41, 5.74) is 1.83. The summed E-state index contributed by atoms with van der Waals surface area (Å²) >= 11 is 6.33. The highest BCUT2D eigenvalue weighted by Crippen LogP contribution is 2.45. The first-order valence-corrected chi connectivity index (χ1v) is 9.13. The highest BCUT2D eigenvalue weighted by atomic mass is 35.5. The maximum absolute atomic E-state index is 12.0. The van der Waals surface area contributed by atoms with E-state index in [9.17, 15) is 4.79 Å². The summed E-state index contributed by atoms with van der Waals surface area (Å²) in [4.78, 5) is 15.4. The molecule has 4 nitrogen and oxygen atoms in total. The van der Waals surface area contributed by atoms with Gasteiger partial charge in [-0.2, -0.15) is 0 Å². The Kier molecular flexibility index (Phi) is 3.95. The Balaban J connectivity index is 1.42. The number of aromatic amines is 1. The zero-order valence-electron chi connectivity index (χ0n) is 14.0. The molecule has 1 amide bonds. The molecule has 4 rings (SSSR count). The smallest absolute Gasteiger partial charge is 0.226 e. The Morgan fingerprint density at radius 3 is 2.88 bits per heavy atom. The van der Waals surface area contributed by atoms with Crippen molar-refractivity contribution < 1.29 is 9.53 Å². The van der Waals surface area contributed by atoms with Gasteiger partial charge in [-0.3, -0.25) is 4.79 Å². The van der Waals surface area contributed by atoms with Gasteiger partial charge in [0.25, 0.3) is 0 Å². The molecule has 2 aliphatic rings. The van der Waals surface area contributed by atoms with Crippen molar-refractivity contribution in [1.82, 2.24) is 10.3 Å². The van der Waals surface area contributed by atoms with Gasteiger partial charge >= 0.3 is 0 Å². The minimum Gasteiger partial charge on any atom is -0.492 e. The quantitative estimate of drug-likeness (QED) is 0.779. The summed E-state index contributed by atoms with van der Waals surface area (Å²) in [6, 6.07) is 5.91. The number of hydrogen-bond donors (Lipinski definition) is 2. The molecule has 0 bridgehead atoms. The fraction of sp³-hybridized carbons (Fsp3) is 0.526.